The third kappa shape index (κ3) is 4.09. The molecule has 0 spiro atoms. The van der Waals surface area contributed by atoms with Crippen molar-refractivity contribution in [3.63, 3.8) is 0 Å². The van der Waals surface area contributed by atoms with Gasteiger partial charge in [-0.25, -0.2) is 13.1 Å². The first-order chi connectivity index (χ1) is 15.9. The third-order valence-corrected chi connectivity index (χ3v) is 8.62. The van der Waals surface area contributed by atoms with Crippen molar-refractivity contribution in [2.75, 3.05) is 26.2 Å². The number of sulfonamides is 1. The van der Waals surface area contributed by atoms with E-state index in [9.17, 15) is 13.2 Å². The predicted molar refractivity (Wildman–Crippen MR) is 126 cm³/mol. The number of carbonyl (C=O) groups excluding carboxylic acids is 1. The highest BCUT2D eigenvalue weighted by Crippen LogP contribution is 2.26. The van der Waals surface area contributed by atoms with Gasteiger partial charge in [-0.3, -0.25) is 4.79 Å². The molecule has 7 nitrogen and oxygen atoms in total. The van der Waals surface area contributed by atoms with Crippen LogP contribution < -0.4 is 0 Å². The summed E-state index contributed by atoms with van der Waals surface area (Å²) >= 11 is 0. The lowest BCUT2D eigenvalue weighted by atomic mass is 9.92. The van der Waals surface area contributed by atoms with Gasteiger partial charge in [-0.1, -0.05) is 24.3 Å². The van der Waals surface area contributed by atoms with E-state index in [1.165, 1.54) is 16.3 Å². The molecule has 33 heavy (non-hydrogen) atoms. The Labute approximate surface area is 194 Å². The van der Waals surface area contributed by atoms with E-state index in [1.807, 2.05) is 49.4 Å². The molecular formula is C25H28N4O3S. The van der Waals surface area contributed by atoms with Gasteiger partial charge in [0.05, 0.1) is 28.0 Å². The van der Waals surface area contributed by atoms with Gasteiger partial charge in [0.15, 0.2) is 0 Å². The second kappa shape index (κ2) is 8.76. The maximum Gasteiger partial charge on any atom is 0.257 e. The van der Waals surface area contributed by atoms with E-state index in [4.69, 9.17) is 0 Å². The summed E-state index contributed by atoms with van der Waals surface area (Å²) in [6.45, 7) is 3.18. The Bertz CT molecular complexity index is 1280. The molecule has 172 valence electrons. The van der Waals surface area contributed by atoms with Crippen LogP contribution in [0, 0.1) is 6.92 Å². The van der Waals surface area contributed by atoms with Crippen LogP contribution in [0.4, 0.5) is 0 Å². The number of aromatic nitrogens is 2. The summed E-state index contributed by atoms with van der Waals surface area (Å²) in [4.78, 5) is 15.2. The second-order valence-corrected chi connectivity index (χ2v) is 10.7. The minimum absolute atomic E-state index is 0.111. The number of amides is 1. The van der Waals surface area contributed by atoms with Crippen LogP contribution in [0.25, 0.3) is 5.69 Å². The number of hydrogen-bond donors (Lipinski definition) is 0. The van der Waals surface area contributed by atoms with Crippen LogP contribution in [0.3, 0.4) is 0 Å². The molecule has 8 heteroatoms. The van der Waals surface area contributed by atoms with Crippen molar-refractivity contribution >= 4 is 15.9 Å². The van der Waals surface area contributed by atoms with Crippen molar-refractivity contribution in [3.05, 3.63) is 77.1 Å². The number of aryl methyl sites for hydroxylation is 2. The Hall–Kier alpha value is -2.97. The first kappa shape index (κ1) is 21.9. The fourth-order valence-electron chi connectivity index (χ4n) is 4.77. The normalized spacial score (nSPS) is 17.1. The van der Waals surface area contributed by atoms with E-state index in [2.05, 4.69) is 5.10 Å². The number of para-hydroxylation sites is 1. The highest BCUT2D eigenvalue weighted by atomic mass is 32.2. The largest absolute Gasteiger partial charge is 0.336 e. The molecular weight excluding hydrogens is 436 g/mol. The number of hydrogen-bond acceptors (Lipinski definition) is 4. The van der Waals surface area contributed by atoms with Gasteiger partial charge in [-0.05, 0) is 68.0 Å². The molecule has 5 rings (SSSR count). The summed E-state index contributed by atoms with van der Waals surface area (Å²) in [6, 6.07) is 15.2. The predicted octanol–water partition coefficient (Wildman–Crippen LogP) is 3.21. The summed E-state index contributed by atoms with van der Waals surface area (Å²) in [5, 5.41) is 4.39. The monoisotopic (exact) mass is 464 g/mol. The average molecular weight is 465 g/mol. The van der Waals surface area contributed by atoms with Gasteiger partial charge in [0.25, 0.3) is 5.91 Å². The molecule has 3 aromatic rings. The summed E-state index contributed by atoms with van der Waals surface area (Å²) in [6.07, 6.45) is 5.84. The molecule has 1 fully saturated rings. The second-order valence-electron chi connectivity index (χ2n) is 8.72. The zero-order valence-electron chi connectivity index (χ0n) is 18.8. The SMILES string of the molecule is Cc1c(C(=O)N2CCN(S(=O)(=O)c3ccc4c(c3)CCCC4)CC2)cnn1-c1ccccc1. The summed E-state index contributed by atoms with van der Waals surface area (Å²) < 4.78 is 29.7. The lowest BCUT2D eigenvalue weighted by molar-refractivity contribution is 0.0697. The van der Waals surface area contributed by atoms with Crippen molar-refractivity contribution in [2.45, 2.75) is 37.5 Å². The Balaban J connectivity index is 1.28. The number of rotatable bonds is 4. The van der Waals surface area contributed by atoms with Gasteiger partial charge in [-0.2, -0.15) is 9.40 Å². The topological polar surface area (TPSA) is 75.5 Å². The van der Waals surface area contributed by atoms with E-state index >= 15 is 0 Å². The molecule has 1 aliphatic heterocycles. The van der Waals surface area contributed by atoms with Crippen LogP contribution >= 0.6 is 0 Å². The van der Waals surface area contributed by atoms with Crippen LogP contribution in [0.1, 0.15) is 40.0 Å². The quantitative estimate of drug-likeness (QED) is 0.594. The number of fused-ring (bicyclic) bond motifs is 1. The Morgan fingerprint density at radius 1 is 0.909 bits per heavy atom. The first-order valence-electron chi connectivity index (χ1n) is 11.5. The molecule has 0 atom stereocenters. The van der Waals surface area contributed by atoms with Crippen LogP contribution in [-0.4, -0.2) is 59.5 Å². The van der Waals surface area contributed by atoms with Crippen molar-refractivity contribution in [1.29, 1.82) is 0 Å². The molecule has 0 saturated carbocycles. The molecule has 2 aromatic carbocycles. The standard InChI is InChI=1S/C25H28N4O3S/c1-19-24(18-26-29(19)22-9-3-2-4-10-22)25(30)27-13-15-28(16-14-27)33(31,32)23-12-11-20-7-5-6-8-21(20)17-23/h2-4,9-12,17-18H,5-8,13-16H2,1H3. The van der Waals surface area contributed by atoms with Crippen molar-refractivity contribution < 1.29 is 13.2 Å². The van der Waals surface area contributed by atoms with Gasteiger partial charge < -0.3 is 4.90 Å². The summed E-state index contributed by atoms with van der Waals surface area (Å²) in [5.74, 6) is -0.111. The van der Waals surface area contributed by atoms with E-state index < -0.39 is 10.0 Å². The van der Waals surface area contributed by atoms with Crippen molar-refractivity contribution in [3.8, 4) is 5.69 Å². The lowest BCUT2D eigenvalue weighted by Gasteiger charge is -2.34. The molecule has 2 heterocycles. The molecule has 1 aromatic heterocycles. The molecule has 0 bridgehead atoms. The number of nitrogens with zero attached hydrogens (tertiary/aromatic N) is 4. The molecule has 1 amide bonds. The number of piperazine rings is 1. The fraction of sp³-hybridized carbons (Fsp3) is 0.360. The van der Waals surface area contributed by atoms with Gasteiger partial charge in [0, 0.05) is 26.2 Å². The molecule has 0 unspecified atom stereocenters. The number of carbonyl (C=O) groups is 1. The summed E-state index contributed by atoms with van der Waals surface area (Å²) in [7, 11) is -3.57. The van der Waals surface area contributed by atoms with Gasteiger partial charge in [0.2, 0.25) is 10.0 Å². The minimum Gasteiger partial charge on any atom is -0.336 e. The smallest absolute Gasteiger partial charge is 0.257 e. The van der Waals surface area contributed by atoms with Crippen LogP contribution in [0.15, 0.2) is 59.6 Å². The highest BCUT2D eigenvalue weighted by molar-refractivity contribution is 7.89. The average Bonchev–Trinajstić information content (AvgIpc) is 3.25. The van der Waals surface area contributed by atoms with Gasteiger partial charge in [0.1, 0.15) is 0 Å². The zero-order valence-corrected chi connectivity index (χ0v) is 19.6. The van der Waals surface area contributed by atoms with E-state index in [0.717, 1.165) is 36.2 Å². The molecule has 0 N–H and O–H groups in total. The van der Waals surface area contributed by atoms with Gasteiger partial charge in [-0.15, -0.1) is 0 Å². The van der Waals surface area contributed by atoms with E-state index in [-0.39, 0.29) is 19.0 Å². The first-order valence-corrected chi connectivity index (χ1v) is 12.9. The van der Waals surface area contributed by atoms with Crippen LogP contribution in [-0.2, 0) is 22.9 Å². The summed E-state index contributed by atoms with van der Waals surface area (Å²) in [5.41, 5.74) is 4.64. The van der Waals surface area contributed by atoms with Gasteiger partial charge >= 0.3 is 0 Å². The van der Waals surface area contributed by atoms with Crippen molar-refractivity contribution in [1.82, 2.24) is 19.0 Å². The Morgan fingerprint density at radius 2 is 1.61 bits per heavy atom. The lowest BCUT2D eigenvalue weighted by Crippen LogP contribution is -2.50. The molecule has 1 aliphatic carbocycles. The van der Waals surface area contributed by atoms with Crippen molar-refractivity contribution in [2.24, 2.45) is 0 Å². The third-order valence-electron chi connectivity index (χ3n) is 6.72. The Morgan fingerprint density at radius 3 is 2.33 bits per heavy atom. The zero-order chi connectivity index (χ0) is 23.0. The Kier molecular flexibility index (Phi) is 5.80. The van der Waals surface area contributed by atoms with Crippen LogP contribution in [0.5, 0.6) is 0 Å². The van der Waals surface area contributed by atoms with E-state index in [1.54, 1.807) is 21.8 Å². The molecule has 2 aliphatic rings. The highest BCUT2D eigenvalue weighted by Gasteiger charge is 2.32. The minimum atomic E-state index is -3.57. The maximum atomic E-state index is 13.2. The number of benzene rings is 2. The van der Waals surface area contributed by atoms with E-state index in [0.29, 0.717) is 23.5 Å². The maximum absolute atomic E-state index is 13.2. The molecule has 1 saturated heterocycles. The molecule has 0 radical (unpaired) electrons. The van der Waals surface area contributed by atoms with Crippen LogP contribution in [0.2, 0.25) is 0 Å². The fourth-order valence-corrected chi connectivity index (χ4v) is 6.24.